The minimum absolute atomic E-state index is 0.137. The molecule has 3 atom stereocenters. The van der Waals surface area contributed by atoms with E-state index in [2.05, 4.69) is 15.4 Å². The van der Waals surface area contributed by atoms with Gasteiger partial charge in [-0.05, 0) is 30.2 Å². The van der Waals surface area contributed by atoms with Crippen molar-refractivity contribution in [3.63, 3.8) is 0 Å². The summed E-state index contributed by atoms with van der Waals surface area (Å²) in [6.07, 6.45) is -4.41. The van der Waals surface area contributed by atoms with E-state index in [1.165, 1.54) is 25.3 Å². The maximum absolute atomic E-state index is 12.6. The van der Waals surface area contributed by atoms with Crippen LogP contribution in [0.5, 0.6) is 11.5 Å². The summed E-state index contributed by atoms with van der Waals surface area (Å²) in [6.45, 7) is 0.519. The summed E-state index contributed by atoms with van der Waals surface area (Å²) in [5.41, 5.74) is 1.48. The second kappa shape index (κ2) is 9.36. The predicted molar refractivity (Wildman–Crippen MR) is 103 cm³/mol. The number of rotatable bonds is 7. The maximum atomic E-state index is 12.6. The molecule has 0 radical (unpaired) electrons. The molecule has 2 aromatic rings. The average molecular weight is 424 g/mol. The predicted octanol–water partition coefficient (Wildman–Crippen LogP) is 3.49. The molecule has 0 spiro atoms. The molecule has 1 aliphatic rings. The molecule has 0 amide bonds. The van der Waals surface area contributed by atoms with Gasteiger partial charge in [0.25, 0.3) is 0 Å². The molecule has 6 nitrogen and oxygen atoms in total. The normalized spacial score (nSPS) is 21.8. The fourth-order valence-corrected chi connectivity index (χ4v) is 3.67. The Balaban J connectivity index is 1.79. The van der Waals surface area contributed by atoms with Crippen LogP contribution < -0.4 is 20.1 Å². The number of ether oxygens (including phenoxy) is 2. The van der Waals surface area contributed by atoms with Crippen LogP contribution in [0.4, 0.5) is 13.2 Å². The highest BCUT2D eigenvalue weighted by Crippen LogP contribution is 2.30. The number of hydrogen-bond donors (Lipinski definition) is 3. The van der Waals surface area contributed by atoms with Crippen LogP contribution in [0.25, 0.3) is 0 Å². The number of methoxy groups -OCH3 is 1. The van der Waals surface area contributed by atoms with Gasteiger partial charge in [0, 0.05) is 30.7 Å². The highest BCUT2D eigenvalue weighted by molar-refractivity contribution is 5.70. The number of carbonyl (C=O) groups is 1. The molecule has 3 N–H and O–H groups in total. The molecule has 0 aliphatic carbocycles. The molecular formula is C21H23F3N2O4. The molecule has 2 aromatic carbocycles. The monoisotopic (exact) mass is 424 g/mol. The molecule has 162 valence electrons. The lowest BCUT2D eigenvalue weighted by Gasteiger charge is -2.36. The minimum atomic E-state index is -4.79. The number of carboxylic acids is 1. The molecular weight excluding hydrogens is 401 g/mol. The van der Waals surface area contributed by atoms with Gasteiger partial charge in [0.05, 0.1) is 13.0 Å². The Morgan fingerprint density at radius 2 is 1.97 bits per heavy atom. The van der Waals surface area contributed by atoms with E-state index in [9.17, 15) is 23.1 Å². The zero-order chi connectivity index (χ0) is 21.7. The van der Waals surface area contributed by atoms with E-state index in [-0.39, 0.29) is 24.4 Å². The molecule has 0 saturated carbocycles. The van der Waals surface area contributed by atoms with E-state index in [1.54, 1.807) is 0 Å². The van der Waals surface area contributed by atoms with Gasteiger partial charge in [0.2, 0.25) is 0 Å². The standard InChI is InChI=1S/C21H23F3N2O4/c1-29-18-8-7-16(30-21(22,23)24)9-14(18)11-25-17-10-15(20(27)28)12-26-19(17)13-5-3-2-4-6-13/h2-9,15,17,19,25-26H,10-12H2,1H3,(H,27,28)/t15-,17+,19-/m0/s1. The SMILES string of the molecule is COc1ccc(OC(F)(F)F)cc1CN[C@@H]1C[C@H](C(=O)O)CN[C@H]1c1ccccc1. The van der Waals surface area contributed by atoms with Crippen LogP contribution in [0, 0.1) is 5.92 Å². The summed E-state index contributed by atoms with van der Waals surface area (Å²) in [7, 11) is 1.43. The van der Waals surface area contributed by atoms with Gasteiger partial charge in [-0.25, -0.2) is 0 Å². The van der Waals surface area contributed by atoms with Crippen molar-refractivity contribution in [3.8, 4) is 11.5 Å². The van der Waals surface area contributed by atoms with Gasteiger partial charge in [-0.1, -0.05) is 30.3 Å². The van der Waals surface area contributed by atoms with Gasteiger partial charge in [0.1, 0.15) is 11.5 Å². The molecule has 0 aromatic heterocycles. The van der Waals surface area contributed by atoms with Crippen LogP contribution in [0.2, 0.25) is 0 Å². The molecule has 1 aliphatic heterocycles. The summed E-state index contributed by atoms with van der Waals surface area (Å²) in [5.74, 6) is -1.39. The van der Waals surface area contributed by atoms with Crippen molar-refractivity contribution in [2.75, 3.05) is 13.7 Å². The summed E-state index contributed by atoms with van der Waals surface area (Å²) in [4.78, 5) is 11.5. The fourth-order valence-electron chi connectivity index (χ4n) is 3.67. The van der Waals surface area contributed by atoms with Crippen LogP contribution in [0.1, 0.15) is 23.6 Å². The number of benzene rings is 2. The van der Waals surface area contributed by atoms with Crippen molar-refractivity contribution in [2.24, 2.45) is 5.92 Å². The second-order valence-electron chi connectivity index (χ2n) is 7.08. The van der Waals surface area contributed by atoms with Crippen molar-refractivity contribution < 1.29 is 32.5 Å². The fraction of sp³-hybridized carbons (Fsp3) is 0.381. The van der Waals surface area contributed by atoms with Crippen LogP contribution in [-0.4, -0.2) is 37.1 Å². The van der Waals surface area contributed by atoms with Crippen LogP contribution in [0.3, 0.4) is 0 Å². The highest BCUT2D eigenvalue weighted by atomic mass is 19.4. The zero-order valence-electron chi connectivity index (χ0n) is 16.3. The lowest BCUT2D eigenvalue weighted by atomic mass is 9.86. The van der Waals surface area contributed by atoms with Crippen LogP contribution >= 0.6 is 0 Å². The molecule has 1 heterocycles. The number of aliphatic carboxylic acids is 1. The molecule has 1 fully saturated rings. The number of alkyl halides is 3. The van der Waals surface area contributed by atoms with Crippen molar-refractivity contribution in [1.82, 2.24) is 10.6 Å². The van der Waals surface area contributed by atoms with E-state index in [0.717, 1.165) is 5.56 Å². The molecule has 3 rings (SSSR count). The number of piperidine rings is 1. The Kier molecular flexibility index (Phi) is 6.84. The minimum Gasteiger partial charge on any atom is -0.496 e. The molecule has 0 unspecified atom stereocenters. The Bertz CT molecular complexity index is 861. The quantitative estimate of drug-likeness (QED) is 0.632. The van der Waals surface area contributed by atoms with Crippen LogP contribution in [-0.2, 0) is 11.3 Å². The number of hydrogen-bond acceptors (Lipinski definition) is 5. The third-order valence-corrected chi connectivity index (χ3v) is 5.07. The third-order valence-electron chi connectivity index (χ3n) is 5.07. The Hall–Kier alpha value is -2.78. The van der Waals surface area contributed by atoms with Crippen molar-refractivity contribution in [2.45, 2.75) is 31.4 Å². The van der Waals surface area contributed by atoms with E-state index >= 15 is 0 Å². The first kappa shape index (κ1) is 21.9. The average Bonchev–Trinajstić information content (AvgIpc) is 2.71. The number of halogens is 3. The Morgan fingerprint density at radius 1 is 1.23 bits per heavy atom. The number of nitrogens with one attached hydrogen (secondary N) is 2. The smallest absolute Gasteiger partial charge is 0.496 e. The van der Waals surface area contributed by atoms with E-state index in [1.807, 2.05) is 30.3 Å². The van der Waals surface area contributed by atoms with Gasteiger partial charge in [0.15, 0.2) is 0 Å². The highest BCUT2D eigenvalue weighted by Gasteiger charge is 2.34. The Labute approximate surface area is 172 Å². The maximum Gasteiger partial charge on any atom is 0.573 e. The summed E-state index contributed by atoms with van der Waals surface area (Å²) in [5, 5.41) is 16.0. The van der Waals surface area contributed by atoms with Crippen molar-refractivity contribution in [3.05, 3.63) is 59.7 Å². The lowest BCUT2D eigenvalue weighted by Crippen LogP contribution is -2.50. The summed E-state index contributed by atoms with van der Waals surface area (Å²) >= 11 is 0. The first-order chi connectivity index (χ1) is 14.3. The van der Waals surface area contributed by atoms with Gasteiger partial charge >= 0.3 is 12.3 Å². The third kappa shape index (κ3) is 5.64. The zero-order valence-corrected chi connectivity index (χ0v) is 16.3. The first-order valence-electron chi connectivity index (χ1n) is 9.44. The van der Waals surface area contributed by atoms with E-state index < -0.39 is 18.2 Å². The molecule has 9 heteroatoms. The number of carboxylic acid groups (broad SMARTS) is 1. The summed E-state index contributed by atoms with van der Waals surface area (Å²) < 4.78 is 46.9. The molecule has 1 saturated heterocycles. The van der Waals surface area contributed by atoms with Crippen molar-refractivity contribution in [1.29, 1.82) is 0 Å². The molecule has 30 heavy (non-hydrogen) atoms. The van der Waals surface area contributed by atoms with Crippen LogP contribution in [0.15, 0.2) is 48.5 Å². The topological polar surface area (TPSA) is 79.8 Å². The Morgan fingerprint density at radius 3 is 2.60 bits per heavy atom. The van der Waals surface area contributed by atoms with Gasteiger partial charge in [-0.2, -0.15) is 0 Å². The van der Waals surface area contributed by atoms with E-state index in [0.29, 0.717) is 24.3 Å². The lowest BCUT2D eigenvalue weighted by molar-refractivity contribution is -0.274. The largest absolute Gasteiger partial charge is 0.573 e. The van der Waals surface area contributed by atoms with Gasteiger partial charge in [-0.15, -0.1) is 13.2 Å². The van der Waals surface area contributed by atoms with Gasteiger partial charge < -0.3 is 25.2 Å². The van der Waals surface area contributed by atoms with E-state index in [4.69, 9.17) is 4.74 Å². The first-order valence-corrected chi connectivity index (χ1v) is 9.44. The summed E-state index contributed by atoms with van der Waals surface area (Å²) in [6, 6.07) is 13.1. The van der Waals surface area contributed by atoms with Crippen molar-refractivity contribution >= 4 is 5.97 Å². The second-order valence-corrected chi connectivity index (χ2v) is 7.08. The van der Waals surface area contributed by atoms with Gasteiger partial charge in [-0.3, -0.25) is 4.79 Å². The molecule has 0 bridgehead atoms.